The normalized spacial score (nSPS) is 20.3. The molecule has 0 aromatic carbocycles. The quantitative estimate of drug-likeness (QED) is 0.597. The Kier molecular flexibility index (Phi) is 2.49. The van der Waals surface area contributed by atoms with Crippen LogP contribution in [0.1, 0.15) is 19.3 Å². The molecule has 0 aromatic rings. The third-order valence-corrected chi connectivity index (χ3v) is 2.18. The molecule has 54 valence electrons. The molecule has 2 heteroatoms. The fraction of sp³-hybridized carbons (Fsp3) is 1.00. The molecule has 0 saturated heterocycles. The summed E-state index contributed by atoms with van der Waals surface area (Å²) >= 11 is 0. The lowest BCUT2D eigenvalue weighted by Crippen LogP contribution is -2.39. The maximum absolute atomic E-state index is 5.40. The zero-order chi connectivity index (χ0) is 6.69. The fourth-order valence-electron chi connectivity index (χ4n) is 1.21. The van der Waals surface area contributed by atoms with Gasteiger partial charge in [-0.1, -0.05) is 6.42 Å². The van der Waals surface area contributed by atoms with Gasteiger partial charge in [0.2, 0.25) is 0 Å². The third kappa shape index (κ3) is 1.66. The van der Waals surface area contributed by atoms with Crippen LogP contribution in [0.15, 0.2) is 0 Å². The highest BCUT2D eigenvalue weighted by molar-refractivity contribution is 4.77. The summed E-state index contributed by atoms with van der Waals surface area (Å²) in [5, 5.41) is 0. The number of nitrogens with zero attached hydrogens (tertiary/aromatic N) is 1. The van der Waals surface area contributed by atoms with Gasteiger partial charge >= 0.3 is 0 Å². The van der Waals surface area contributed by atoms with Crippen LogP contribution in [0.2, 0.25) is 0 Å². The molecule has 2 N–H and O–H groups in total. The smallest absolute Gasteiger partial charge is 0.0104 e. The molecule has 1 aliphatic rings. The zero-order valence-corrected chi connectivity index (χ0v) is 6.14. The molecular weight excluding hydrogens is 112 g/mol. The number of rotatable bonds is 3. The Morgan fingerprint density at radius 2 is 2.22 bits per heavy atom. The fourth-order valence-corrected chi connectivity index (χ4v) is 1.21. The maximum Gasteiger partial charge on any atom is 0.0104 e. The Balaban J connectivity index is 2.08. The van der Waals surface area contributed by atoms with Crippen molar-refractivity contribution in [1.82, 2.24) is 4.90 Å². The Bertz CT molecular complexity index is 79.0. The monoisotopic (exact) mass is 128 g/mol. The second-order valence-corrected chi connectivity index (χ2v) is 2.85. The van der Waals surface area contributed by atoms with E-state index in [1.165, 1.54) is 19.3 Å². The molecule has 1 saturated carbocycles. The van der Waals surface area contributed by atoms with E-state index < -0.39 is 0 Å². The highest BCUT2D eigenvalue weighted by Crippen LogP contribution is 2.22. The van der Waals surface area contributed by atoms with E-state index in [0.29, 0.717) is 0 Å². The van der Waals surface area contributed by atoms with Crippen molar-refractivity contribution in [2.45, 2.75) is 25.3 Å². The predicted molar refractivity (Wildman–Crippen MR) is 39.3 cm³/mol. The molecule has 2 nitrogen and oxygen atoms in total. The number of likely N-dealkylation sites (N-methyl/N-ethyl adjacent to an activating group) is 1. The first-order valence-corrected chi connectivity index (χ1v) is 3.75. The molecule has 1 fully saturated rings. The number of nitrogens with two attached hydrogens (primary N) is 1. The average molecular weight is 128 g/mol. The van der Waals surface area contributed by atoms with Gasteiger partial charge in [-0.05, 0) is 19.9 Å². The number of hydrogen-bond donors (Lipinski definition) is 1. The lowest BCUT2D eigenvalue weighted by Gasteiger charge is -2.34. The molecular formula is C7H16N2. The first kappa shape index (κ1) is 7.03. The summed E-state index contributed by atoms with van der Waals surface area (Å²) in [5.41, 5.74) is 5.40. The molecule has 0 radical (unpaired) electrons. The molecule has 1 rings (SSSR count). The first-order valence-electron chi connectivity index (χ1n) is 3.75. The van der Waals surface area contributed by atoms with Crippen LogP contribution in [-0.2, 0) is 0 Å². The minimum atomic E-state index is 0.799. The summed E-state index contributed by atoms with van der Waals surface area (Å²) < 4.78 is 0. The summed E-state index contributed by atoms with van der Waals surface area (Å²) in [6.07, 6.45) is 4.19. The van der Waals surface area contributed by atoms with E-state index in [1.54, 1.807) is 0 Å². The van der Waals surface area contributed by atoms with E-state index in [9.17, 15) is 0 Å². The molecule has 0 aromatic heterocycles. The van der Waals surface area contributed by atoms with Crippen molar-refractivity contribution in [3.63, 3.8) is 0 Å². The van der Waals surface area contributed by atoms with Crippen LogP contribution in [-0.4, -0.2) is 31.1 Å². The van der Waals surface area contributed by atoms with Crippen LogP contribution in [0.5, 0.6) is 0 Å². The molecule has 0 atom stereocenters. The van der Waals surface area contributed by atoms with E-state index in [2.05, 4.69) is 11.9 Å². The Hall–Kier alpha value is -0.0800. The molecule has 0 bridgehead atoms. The lowest BCUT2D eigenvalue weighted by molar-refractivity contribution is 0.164. The van der Waals surface area contributed by atoms with Crippen molar-refractivity contribution in [3.05, 3.63) is 0 Å². The van der Waals surface area contributed by atoms with E-state index >= 15 is 0 Å². The summed E-state index contributed by atoms with van der Waals surface area (Å²) in [6, 6.07) is 0.855. The van der Waals surface area contributed by atoms with E-state index in [-0.39, 0.29) is 0 Å². The minimum absolute atomic E-state index is 0.799. The van der Waals surface area contributed by atoms with Crippen LogP contribution in [0.25, 0.3) is 0 Å². The highest BCUT2D eigenvalue weighted by Gasteiger charge is 2.20. The maximum atomic E-state index is 5.40. The molecule has 0 aliphatic heterocycles. The molecule has 0 unspecified atom stereocenters. The van der Waals surface area contributed by atoms with Crippen molar-refractivity contribution in [1.29, 1.82) is 0 Å². The Morgan fingerprint density at radius 1 is 1.56 bits per heavy atom. The van der Waals surface area contributed by atoms with Gasteiger partial charge in [-0.25, -0.2) is 0 Å². The van der Waals surface area contributed by atoms with Crippen LogP contribution in [0, 0.1) is 0 Å². The van der Waals surface area contributed by atoms with Crippen LogP contribution >= 0.6 is 0 Å². The second kappa shape index (κ2) is 3.18. The Morgan fingerprint density at radius 3 is 2.56 bits per heavy atom. The van der Waals surface area contributed by atoms with Gasteiger partial charge in [-0.15, -0.1) is 0 Å². The van der Waals surface area contributed by atoms with Gasteiger partial charge in [0.1, 0.15) is 0 Å². The molecule has 0 spiro atoms. The van der Waals surface area contributed by atoms with Crippen LogP contribution in [0.4, 0.5) is 0 Å². The summed E-state index contributed by atoms with van der Waals surface area (Å²) in [7, 11) is 2.16. The lowest BCUT2D eigenvalue weighted by atomic mass is 9.92. The van der Waals surface area contributed by atoms with Gasteiger partial charge in [-0.3, -0.25) is 0 Å². The zero-order valence-electron chi connectivity index (χ0n) is 6.14. The molecule has 0 heterocycles. The summed E-state index contributed by atoms with van der Waals surface area (Å²) in [6.45, 7) is 1.86. The number of hydrogen-bond acceptors (Lipinski definition) is 2. The van der Waals surface area contributed by atoms with E-state index in [0.717, 1.165) is 19.1 Å². The van der Waals surface area contributed by atoms with Gasteiger partial charge in [-0.2, -0.15) is 0 Å². The molecule has 9 heavy (non-hydrogen) atoms. The average Bonchev–Trinajstić information content (AvgIpc) is 1.60. The van der Waals surface area contributed by atoms with Gasteiger partial charge in [0.25, 0.3) is 0 Å². The second-order valence-electron chi connectivity index (χ2n) is 2.85. The topological polar surface area (TPSA) is 29.3 Å². The molecule has 1 aliphatic carbocycles. The van der Waals surface area contributed by atoms with E-state index in [1.807, 2.05) is 0 Å². The van der Waals surface area contributed by atoms with Crippen LogP contribution in [0.3, 0.4) is 0 Å². The van der Waals surface area contributed by atoms with Crippen LogP contribution < -0.4 is 5.73 Å². The first-order chi connectivity index (χ1) is 4.34. The highest BCUT2D eigenvalue weighted by atomic mass is 15.1. The molecule has 0 amide bonds. The minimum Gasteiger partial charge on any atom is -0.329 e. The van der Waals surface area contributed by atoms with Crippen molar-refractivity contribution in [2.24, 2.45) is 5.73 Å². The van der Waals surface area contributed by atoms with E-state index in [4.69, 9.17) is 5.73 Å². The largest absolute Gasteiger partial charge is 0.329 e. The van der Waals surface area contributed by atoms with Crippen molar-refractivity contribution >= 4 is 0 Å². The van der Waals surface area contributed by atoms with Gasteiger partial charge in [0.05, 0.1) is 0 Å². The summed E-state index contributed by atoms with van der Waals surface area (Å²) in [5.74, 6) is 0. The van der Waals surface area contributed by atoms with Gasteiger partial charge in [0, 0.05) is 19.1 Å². The third-order valence-electron chi connectivity index (χ3n) is 2.18. The van der Waals surface area contributed by atoms with Gasteiger partial charge < -0.3 is 10.6 Å². The SMILES string of the molecule is CN(CCN)C1CCC1. The van der Waals surface area contributed by atoms with Crippen molar-refractivity contribution in [2.75, 3.05) is 20.1 Å². The Labute approximate surface area is 57.0 Å². The standard InChI is InChI=1S/C7H16N2/c1-9(6-5-8)7-3-2-4-7/h7H,2-6,8H2,1H3. The predicted octanol–water partition coefficient (Wildman–Crippen LogP) is 0.429. The van der Waals surface area contributed by atoms with Crippen molar-refractivity contribution in [3.8, 4) is 0 Å². The summed E-state index contributed by atoms with van der Waals surface area (Å²) in [4.78, 5) is 2.36. The van der Waals surface area contributed by atoms with Crippen molar-refractivity contribution < 1.29 is 0 Å². The van der Waals surface area contributed by atoms with Gasteiger partial charge in [0.15, 0.2) is 0 Å².